The van der Waals surface area contributed by atoms with E-state index in [-0.39, 0.29) is 12.5 Å². The smallest absolute Gasteiger partial charge is 0.255 e. The SMILES string of the molecule is Cc1ccc(NC(=O)c2ccccc2)c(C#CCCO)c1. The van der Waals surface area contributed by atoms with Crippen LogP contribution in [0.5, 0.6) is 0 Å². The molecule has 3 nitrogen and oxygen atoms in total. The van der Waals surface area contributed by atoms with Crippen LogP contribution in [0.4, 0.5) is 5.69 Å². The summed E-state index contributed by atoms with van der Waals surface area (Å²) in [6, 6.07) is 14.7. The molecule has 0 aliphatic carbocycles. The molecule has 3 heteroatoms. The van der Waals surface area contributed by atoms with Gasteiger partial charge in [-0.05, 0) is 36.8 Å². The summed E-state index contributed by atoms with van der Waals surface area (Å²) in [6.45, 7) is 2.00. The van der Waals surface area contributed by atoms with Gasteiger partial charge in [-0.2, -0.15) is 0 Å². The molecule has 0 atom stereocenters. The molecule has 0 bridgehead atoms. The van der Waals surface area contributed by atoms with Crippen LogP contribution >= 0.6 is 0 Å². The van der Waals surface area contributed by atoms with Gasteiger partial charge in [0.2, 0.25) is 0 Å². The summed E-state index contributed by atoms with van der Waals surface area (Å²) in [4.78, 5) is 12.2. The number of carbonyl (C=O) groups is 1. The first-order chi connectivity index (χ1) is 10.2. The van der Waals surface area contributed by atoms with E-state index in [0.29, 0.717) is 17.7 Å². The van der Waals surface area contributed by atoms with Crippen molar-refractivity contribution >= 4 is 11.6 Å². The average molecular weight is 279 g/mol. The van der Waals surface area contributed by atoms with Gasteiger partial charge in [0.05, 0.1) is 12.3 Å². The van der Waals surface area contributed by atoms with Gasteiger partial charge in [-0.1, -0.05) is 36.1 Å². The zero-order valence-electron chi connectivity index (χ0n) is 11.9. The number of hydrogen-bond acceptors (Lipinski definition) is 2. The second-order valence-electron chi connectivity index (χ2n) is 4.64. The summed E-state index contributed by atoms with van der Waals surface area (Å²) < 4.78 is 0. The molecular formula is C18H17NO2. The maximum Gasteiger partial charge on any atom is 0.255 e. The number of anilines is 1. The van der Waals surface area contributed by atoms with Gasteiger partial charge in [0.1, 0.15) is 0 Å². The fourth-order valence-corrected chi connectivity index (χ4v) is 1.87. The number of carbonyl (C=O) groups excluding carboxylic acids is 1. The van der Waals surface area contributed by atoms with E-state index in [4.69, 9.17) is 5.11 Å². The van der Waals surface area contributed by atoms with Gasteiger partial charge in [0.15, 0.2) is 0 Å². The summed E-state index contributed by atoms with van der Waals surface area (Å²) in [5.41, 5.74) is 3.11. The van der Waals surface area contributed by atoms with Gasteiger partial charge in [0.25, 0.3) is 5.91 Å². The van der Waals surface area contributed by atoms with Gasteiger partial charge in [-0.25, -0.2) is 0 Å². The van der Waals surface area contributed by atoms with E-state index in [1.807, 2.05) is 43.3 Å². The number of benzene rings is 2. The standard InChI is InChI=1S/C18H17NO2/c1-14-10-11-17(16(13-14)9-5-6-12-20)19-18(21)15-7-3-2-4-8-15/h2-4,7-8,10-11,13,20H,6,12H2,1H3,(H,19,21). The highest BCUT2D eigenvalue weighted by molar-refractivity contribution is 6.04. The minimum atomic E-state index is -0.162. The van der Waals surface area contributed by atoms with Gasteiger partial charge in [-0.3, -0.25) is 4.79 Å². The third kappa shape index (κ3) is 4.20. The normalized spacial score (nSPS) is 9.62. The summed E-state index contributed by atoms with van der Waals surface area (Å²) in [5, 5.41) is 11.7. The number of aliphatic hydroxyl groups is 1. The molecule has 0 aromatic heterocycles. The lowest BCUT2D eigenvalue weighted by Crippen LogP contribution is -2.12. The maximum absolute atomic E-state index is 12.2. The van der Waals surface area contributed by atoms with Crippen molar-refractivity contribution in [3.05, 3.63) is 65.2 Å². The van der Waals surface area contributed by atoms with Crippen LogP contribution in [0.3, 0.4) is 0 Å². The van der Waals surface area contributed by atoms with Crippen molar-refractivity contribution in [1.82, 2.24) is 0 Å². The van der Waals surface area contributed by atoms with E-state index in [1.54, 1.807) is 12.1 Å². The fraction of sp³-hybridized carbons (Fsp3) is 0.167. The number of amides is 1. The van der Waals surface area contributed by atoms with Crippen LogP contribution in [-0.4, -0.2) is 17.6 Å². The molecule has 2 aromatic carbocycles. The van der Waals surface area contributed by atoms with Crippen molar-refractivity contribution in [1.29, 1.82) is 0 Å². The Hall–Kier alpha value is -2.57. The minimum absolute atomic E-state index is 0.0323. The van der Waals surface area contributed by atoms with E-state index < -0.39 is 0 Å². The Kier molecular flexibility index (Phi) is 5.14. The highest BCUT2D eigenvalue weighted by Crippen LogP contribution is 2.17. The van der Waals surface area contributed by atoms with Crippen LogP contribution < -0.4 is 5.32 Å². The molecule has 2 aromatic rings. The summed E-state index contributed by atoms with van der Waals surface area (Å²) in [5.74, 6) is 5.71. The Bertz CT molecular complexity index is 681. The van der Waals surface area contributed by atoms with Crippen molar-refractivity contribution in [3.63, 3.8) is 0 Å². The van der Waals surface area contributed by atoms with E-state index >= 15 is 0 Å². The molecule has 2 rings (SSSR count). The van der Waals surface area contributed by atoms with Gasteiger partial charge >= 0.3 is 0 Å². The lowest BCUT2D eigenvalue weighted by molar-refractivity contribution is 0.102. The third-order valence-electron chi connectivity index (χ3n) is 2.92. The molecule has 0 spiro atoms. The van der Waals surface area contributed by atoms with E-state index in [1.165, 1.54) is 0 Å². The molecule has 0 aliphatic heterocycles. The first-order valence-corrected chi connectivity index (χ1v) is 6.77. The average Bonchev–Trinajstić information content (AvgIpc) is 2.51. The van der Waals surface area contributed by atoms with Crippen LogP contribution in [-0.2, 0) is 0 Å². The lowest BCUT2D eigenvalue weighted by Gasteiger charge is -2.08. The van der Waals surface area contributed by atoms with E-state index in [9.17, 15) is 4.79 Å². The van der Waals surface area contributed by atoms with Crippen LogP contribution in [0.15, 0.2) is 48.5 Å². The molecule has 2 N–H and O–H groups in total. The molecule has 0 radical (unpaired) electrons. The number of nitrogens with one attached hydrogen (secondary N) is 1. The first kappa shape index (κ1) is 14.8. The fourth-order valence-electron chi connectivity index (χ4n) is 1.87. The minimum Gasteiger partial charge on any atom is -0.395 e. The number of aliphatic hydroxyl groups excluding tert-OH is 1. The van der Waals surface area contributed by atoms with Crippen molar-refractivity contribution < 1.29 is 9.90 Å². The Morgan fingerprint density at radius 3 is 2.67 bits per heavy atom. The predicted molar refractivity (Wildman–Crippen MR) is 84.2 cm³/mol. The van der Waals surface area contributed by atoms with Crippen molar-refractivity contribution in [2.24, 2.45) is 0 Å². The van der Waals surface area contributed by atoms with Crippen molar-refractivity contribution in [2.75, 3.05) is 11.9 Å². The molecule has 0 saturated carbocycles. The zero-order valence-corrected chi connectivity index (χ0v) is 11.9. The van der Waals surface area contributed by atoms with Crippen LogP contribution in [0.25, 0.3) is 0 Å². The van der Waals surface area contributed by atoms with Crippen molar-refractivity contribution in [2.45, 2.75) is 13.3 Å². The Balaban J connectivity index is 2.24. The molecule has 0 unspecified atom stereocenters. The van der Waals surface area contributed by atoms with E-state index in [0.717, 1.165) is 11.1 Å². The number of aryl methyl sites for hydroxylation is 1. The van der Waals surface area contributed by atoms with Gasteiger partial charge in [-0.15, -0.1) is 0 Å². The zero-order chi connectivity index (χ0) is 15.1. The number of hydrogen-bond donors (Lipinski definition) is 2. The van der Waals surface area contributed by atoms with E-state index in [2.05, 4.69) is 17.2 Å². The monoisotopic (exact) mass is 279 g/mol. The molecule has 106 valence electrons. The van der Waals surface area contributed by atoms with Gasteiger partial charge in [0, 0.05) is 17.5 Å². The molecule has 0 fully saturated rings. The quantitative estimate of drug-likeness (QED) is 0.849. The third-order valence-corrected chi connectivity index (χ3v) is 2.92. The Labute approximate surface area is 124 Å². The Morgan fingerprint density at radius 2 is 1.95 bits per heavy atom. The largest absolute Gasteiger partial charge is 0.395 e. The van der Waals surface area contributed by atoms with Crippen LogP contribution in [0.1, 0.15) is 27.9 Å². The Morgan fingerprint density at radius 1 is 1.19 bits per heavy atom. The molecular weight excluding hydrogens is 262 g/mol. The summed E-state index contributed by atoms with van der Waals surface area (Å²) >= 11 is 0. The first-order valence-electron chi connectivity index (χ1n) is 6.77. The molecule has 0 saturated heterocycles. The molecule has 21 heavy (non-hydrogen) atoms. The summed E-state index contributed by atoms with van der Waals surface area (Å²) in [6.07, 6.45) is 0.417. The highest BCUT2D eigenvalue weighted by Gasteiger charge is 2.07. The predicted octanol–water partition coefficient (Wildman–Crippen LogP) is 2.98. The molecule has 0 heterocycles. The highest BCUT2D eigenvalue weighted by atomic mass is 16.2. The van der Waals surface area contributed by atoms with Crippen LogP contribution in [0, 0.1) is 18.8 Å². The second-order valence-corrected chi connectivity index (χ2v) is 4.64. The summed E-state index contributed by atoms with van der Waals surface area (Å²) in [7, 11) is 0. The molecule has 1 amide bonds. The molecule has 0 aliphatic rings. The second kappa shape index (κ2) is 7.28. The van der Waals surface area contributed by atoms with Gasteiger partial charge < -0.3 is 10.4 Å². The maximum atomic E-state index is 12.2. The number of rotatable bonds is 3. The topological polar surface area (TPSA) is 49.3 Å². The van der Waals surface area contributed by atoms with Crippen LogP contribution in [0.2, 0.25) is 0 Å². The lowest BCUT2D eigenvalue weighted by atomic mass is 10.1. The van der Waals surface area contributed by atoms with Crippen molar-refractivity contribution in [3.8, 4) is 11.8 Å².